The Kier molecular flexibility index (Phi) is 3.23. The lowest BCUT2D eigenvalue weighted by Gasteiger charge is -1.96. The summed E-state index contributed by atoms with van der Waals surface area (Å²) >= 11 is 7.27. The SMILES string of the molecule is C/C(CCl)=C(\C#N)c1nc2ccccc2s1. The first-order chi connectivity index (χ1) is 7.76. The van der Waals surface area contributed by atoms with Gasteiger partial charge in [-0.15, -0.1) is 22.9 Å². The van der Waals surface area contributed by atoms with Gasteiger partial charge in [0.25, 0.3) is 0 Å². The van der Waals surface area contributed by atoms with E-state index >= 15 is 0 Å². The van der Waals surface area contributed by atoms with Gasteiger partial charge in [-0.1, -0.05) is 12.1 Å². The van der Waals surface area contributed by atoms with Crippen LogP contribution in [0.25, 0.3) is 15.8 Å². The molecule has 0 bridgehead atoms. The molecular formula is C12H9ClN2S. The molecule has 2 nitrogen and oxygen atoms in total. The van der Waals surface area contributed by atoms with E-state index in [1.54, 1.807) is 0 Å². The summed E-state index contributed by atoms with van der Waals surface area (Å²) in [5, 5.41) is 9.86. The van der Waals surface area contributed by atoms with E-state index in [2.05, 4.69) is 11.1 Å². The molecule has 2 aromatic rings. The molecule has 0 fully saturated rings. The third-order valence-electron chi connectivity index (χ3n) is 2.25. The number of thiazole rings is 1. The van der Waals surface area contributed by atoms with E-state index in [-0.39, 0.29) is 0 Å². The molecule has 0 aliphatic carbocycles. The van der Waals surface area contributed by atoms with Gasteiger partial charge >= 0.3 is 0 Å². The molecule has 4 heteroatoms. The second-order valence-corrected chi connectivity index (χ2v) is 4.69. The number of alkyl halides is 1. The fourth-order valence-electron chi connectivity index (χ4n) is 1.37. The molecule has 0 saturated carbocycles. The van der Waals surface area contributed by atoms with Crippen LogP contribution >= 0.6 is 22.9 Å². The first-order valence-corrected chi connectivity index (χ1v) is 6.13. The molecule has 0 aliphatic rings. The van der Waals surface area contributed by atoms with Crippen LogP contribution in [0.2, 0.25) is 0 Å². The molecule has 0 amide bonds. The number of nitrogens with zero attached hydrogens (tertiary/aromatic N) is 2. The zero-order valence-corrected chi connectivity index (χ0v) is 10.3. The predicted octanol–water partition coefficient (Wildman–Crippen LogP) is 3.83. The minimum absolute atomic E-state index is 0.360. The maximum absolute atomic E-state index is 9.11. The van der Waals surface area contributed by atoms with Crippen molar-refractivity contribution in [1.82, 2.24) is 4.98 Å². The van der Waals surface area contributed by atoms with Crippen LogP contribution in [0.3, 0.4) is 0 Å². The molecule has 0 atom stereocenters. The number of nitriles is 1. The van der Waals surface area contributed by atoms with Crippen molar-refractivity contribution in [3.63, 3.8) is 0 Å². The molecule has 16 heavy (non-hydrogen) atoms. The largest absolute Gasteiger partial charge is 0.235 e. The molecule has 0 radical (unpaired) electrons. The summed E-state index contributed by atoms with van der Waals surface area (Å²) in [7, 11) is 0. The van der Waals surface area contributed by atoms with Crippen molar-refractivity contribution in [1.29, 1.82) is 5.26 Å². The number of benzene rings is 1. The third kappa shape index (κ3) is 1.95. The Labute approximate surface area is 103 Å². The number of halogens is 1. The molecule has 2 rings (SSSR count). The Hall–Kier alpha value is -1.37. The van der Waals surface area contributed by atoms with Crippen LogP contribution in [0.5, 0.6) is 0 Å². The molecule has 0 N–H and O–H groups in total. The van der Waals surface area contributed by atoms with E-state index in [1.165, 1.54) is 11.3 Å². The van der Waals surface area contributed by atoms with Gasteiger partial charge in [0.2, 0.25) is 0 Å². The van der Waals surface area contributed by atoms with Crippen molar-refractivity contribution >= 4 is 38.7 Å². The fourth-order valence-corrected chi connectivity index (χ4v) is 2.54. The number of para-hydroxylation sites is 1. The van der Waals surface area contributed by atoms with E-state index < -0.39 is 0 Å². The summed E-state index contributed by atoms with van der Waals surface area (Å²) in [6, 6.07) is 10.0. The number of allylic oxidation sites excluding steroid dienone is 2. The van der Waals surface area contributed by atoms with Crippen LogP contribution in [0.4, 0.5) is 0 Å². The lowest BCUT2D eigenvalue weighted by molar-refractivity contribution is 1.36. The smallest absolute Gasteiger partial charge is 0.135 e. The highest BCUT2D eigenvalue weighted by molar-refractivity contribution is 7.19. The zero-order valence-electron chi connectivity index (χ0n) is 8.70. The summed E-state index contributed by atoms with van der Waals surface area (Å²) in [5.41, 5.74) is 2.39. The average molecular weight is 249 g/mol. The summed E-state index contributed by atoms with van der Waals surface area (Å²) < 4.78 is 1.09. The van der Waals surface area contributed by atoms with E-state index in [0.29, 0.717) is 11.5 Å². The van der Waals surface area contributed by atoms with Crippen LogP contribution in [0.1, 0.15) is 11.9 Å². The molecule has 0 spiro atoms. The monoisotopic (exact) mass is 248 g/mol. The maximum Gasteiger partial charge on any atom is 0.135 e. The quantitative estimate of drug-likeness (QED) is 0.598. The first-order valence-electron chi connectivity index (χ1n) is 4.78. The fraction of sp³-hybridized carbons (Fsp3) is 0.167. The van der Waals surface area contributed by atoms with Crippen molar-refractivity contribution in [3.05, 3.63) is 34.8 Å². The van der Waals surface area contributed by atoms with Crippen molar-refractivity contribution in [2.75, 3.05) is 5.88 Å². The molecular weight excluding hydrogens is 240 g/mol. The second-order valence-electron chi connectivity index (χ2n) is 3.39. The van der Waals surface area contributed by atoms with Gasteiger partial charge in [-0.3, -0.25) is 0 Å². The summed E-state index contributed by atoms with van der Waals surface area (Å²) in [4.78, 5) is 4.43. The van der Waals surface area contributed by atoms with Crippen LogP contribution in [0, 0.1) is 11.3 Å². The van der Waals surface area contributed by atoms with E-state index in [1.807, 2.05) is 31.2 Å². The number of rotatable bonds is 2. The van der Waals surface area contributed by atoms with Gasteiger partial charge in [-0.25, -0.2) is 4.98 Å². The highest BCUT2D eigenvalue weighted by Gasteiger charge is 2.10. The van der Waals surface area contributed by atoms with Gasteiger partial charge in [-0.2, -0.15) is 5.26 Å². The second kappa shape index (κ2) is 4.65. The predicted molar refractivity (Wildman–Crippen MR) is 68.5 cm³/mol. The van der Waals surface area contributed by atoms with Crippen molar-refractivity contribution in [3.8, 4) is 6.07 Å². The van der Waals surface area contributed by atoms with E-state index in [0.717, 1.165) is 20.8 Å². The van der Waals surface area contributed by atoms with Crippen LogP contribution in [-0.4, -0.2) is 10.9 Å². The Balaban J connectivity index is 2.60. The first kappa shape index (κ1) is 11.1. The number of hydrogen-bond acceptors (Lipinski definition) is 3. The van der Waals surface area contributed by atoms with Gasteiger partial charge in [0, 0.05) is 5.88 Å². The minimum Gasteiger partial charge on any atom is -0.235 e. The van der Waals surface area contributed by atoms with Crippen molar-refractivity contribution < 1.29 is 0 Å². The van der Waals surface area contributed by atoms with Gasteiger partial charge in [0.15, 0.2) is 0 Å². The normalized spacial score (nSPS) is 12.3. The number of hydrogen-bond donors (Lipinski definition) is 0. The Bertz CT molecular complexity index is 559. The van der Waals surface area contributed by atoms with Crippen molar-refractivity contribution in [2.45, 2.75) is 6.92 Å². The Morgan fingerprint density at radius 2 is 2.25 bits per heavy atom. The molecule has 0 saturated heterocycles. The topological polar surface area (TPSA) is 36.7 Å². The maximum atomic E-state index is 9.11. The number of aromatic nitrogens is 1. The van der Waals surface area contributed by atoms with Crippen LogP contribution in [-0.2, 0) is 0 Å². The van der Waals surface area contributed by atoms with Gasteiger partial charge in [-0.05, 0) is 24.6 Å². The Morgan fingerprint density at radius 1 is 1.50 bits per heavy atom. The minimum atomic E-state index is 0.360. The summed E-state index contributed by atoms with van der Waals surface area (Å²) in [6.07, 6.45) is 0. The molecule has 0 unspecified atom stereocenters. The van der Waals surface area contributed by atoms with Gasteiger partial charge in [0.05, 0.1) is 15.8 Å². The molecule has 1 aromatic heterocycles. The summed E-state index contributed by atoms with van der Waals surface area (Å²) in [5.74, 6) is 0.360. The molecule has 80 valence electrons. The van der Waals surface area contributed by atoms with Crippen molar-refractivity contribution in [2.24, 2.45) is 0 Å². The van der Waals surface area contributed by atoms with Gasteiger partial charge in [0.1, 0.15) is 11.1 Å². The van der Waals surface area contributed by atoms with E-state index in [9.17, 15) is 0 Å². The molecule has 0 aliphatic heterocycles. The highest BCUT2D eigenvalue weighted by Crippen LogP contribution is 2.28. The van der Waals surface area contributed by atoms with Gasteiger partial charge < -0.3 is 0 Å². The zero-order chi connectivity index (χ0) is 11.5. The summed E-state index contributed by atoms with van der Waals surface area (Å²) in [6.45, 7) is 1.86. The van der Waals surface area contributed by atoms with E-state index in [4.69, 9.17) is 16.9 Å². The lowest BCUT2D eigenvalue weighted by atomic mass is 10.2. The lowest BCUT2D eigenvalue weighted by Crippen LogP contribution is -1.87. The molecule has 1 aromatic carbocycles. The average Bonchev–Trinajstić information content (AvgIpc) is 2.72. The molecule has 1 heterocycles. The Morgan fingerprint density at radius 3 is 2.88 bits per heavy atom. The highest BCUT2D eigenvalue weighted by atomic mass is 35.5. The van der Waals surface area contributed by atoms with Crippen LogP contribution < -0.4 is 0 Å². The third-order valence-corrected chi connectivity index (χ3v) is 3.70. The standard InChI is InChI=1S/C12H9ClN2S/c1-8(6-13)9(7-14)12-15-10-4-2-3-5-11(10)16-12/h2-5H,6H2,1H3/b9-8-. The number of fused-ring (bicyclic) bond motifs is 1. The van der Waals surface area contributed by atoms with Crippen LogP contribution in [0.15, 0.2) is 29.8 Å².